The number of benzene rings is 1. The molecule has 0 unspecified atom stereocenters. The van der Waals surface area contributed by atoms with Crippen LogP contribution in [0.25, 0.3) is 0 Å². The molecule has 2 aromatic rings. The molecule has 0 radical (unpaired) electrons. The quantitative estimate of drug-likeness (QED) is 0.529. The Kier molecular flexibility index (Phi) is 4.08. The normalized spacial score (nSPS) is 11.7. The SMILES string of the molecule is CC(=NO)c1ccc(C)cc1OCc1cc(C)nn1C. The number of aryl methyl sites for hydroxylation is 3. The summed E-state index contributed by atoms with van der Waals surface area (Å²) in [6.07, 6.45) is 0. The van der Waals surface area contributed by atoms with Gasteiger partial charge in [-0.25, -0.2) is 0 Å². The molecule has 0 amide bonds. The minimum atomic E-state index is 0.423. The van der Waals surface area contributed by atoms with E-state index in [1.165, 1.54) is 0 Å². The first-order valence-electron chi connectivity index (χ1n) is 6.43. The van der Waals surface area contributed by atoms with Crippen molar-refractivity contribution in [2.75, 3.05) is 0 Å². The molecule has 0 spiro atoms. The summed E-state index contributed by atoms with van der Waals surface area (Å²) < 4.78 is 7.67. The third-order valence-corrected chi connectivity index (χ3v) is 3.15. The summed E-state index contributed by atoms with van der Waals surface area (Å²) in [6, 6.07) is 7.79. The highest BCUT2D eigenvalue weighted by Gasteiger charge is 2.09. The van der Waals surface area contributed by atoms with Crippen molar-refractivity contribution in [2.24, 2.45) is 12.2 Å². The van der Waals surface area contributed by atoms with Crippen LogP contribution in [0, 0.1) is 13.8 Å². The van der Waals surface area contributed by atoms with E-state index in [1.54, 1.807) is 11.6 Å². The van der Waals surface area contributed by atoms with Crippen LogP contribution in [0.2, 0.25) is 0 Å². The van der Waals surface area contributed by atoms with Gasteiger partial charge in [0.15, 0.2) is 0 Å². The van der Waals surface area contributed by atoms with E-state index >= 15 is 0 Å². The summed E-state index contributed by atoms with van der Waals surface area (Å²) in [5.74, 6) is 0.708. The third kappa shape index (κ3) is 2.99. The third-order valence-electron chi connectivity index (χ3n) is 3.15. The molecule has 0 saturated carbocycles. The van der Waals surface area contributed by atoms with Gasteiger partial charge in [0.1, 0.15) is 12.4 Å². The minimum absolute atomic E-state index is 0.423. The van der Waals surface area contributed by atoms with Gasteiger partial charge in [0, 0.05) is 12.6 Å². The van der Waals surface area contributed by atoms with Gasteiger partial charge < -0.3 is 9.94 Å². The lowest BCUT2D eigenvalue weighted by molar-refractivity contribution is 0.293. The van der Waals surface area contributed by atoms with Crippen LogP contribution in [0.4, 0.5) is 0 Å². The van der Waals surface area contributed by atoms with E-state index in [0.717, 1.165) is 22.5 Å². The van der Waals surface area contributed by atoms with Crippen LogP contribution < -0.4 is 4.74 Å². The van der Waals surface area contributed by atoms with Gasteiger partial charge in [0.05, 0.1) is 17.1 Å². The molecule has 20 heavy (non-hydrogen) atoms. The van der Waals surface area contributed by atoms with Gasteiger partial charge in [-0.3, -0.25) is 4.68 Å². The number of nitrogens with zero attached hydrogens (tertiary/aromatic N) is 3. The molecule has 0 aliphatic heterocycles. The zero-order chi connectivity index (χ0) is 14.7. The van der Waals surface area contributed by atoms with Gasteiger partial charge in [-0.05, 0) is 44.5 Å². The number of hydrogen-bond donors (Lipinski definition) is 1. The van der Waals surface area contributed by atoms with Crippen LogP contribution in [-0.2, 0) is 13.7 Å². The van der Waals surface area contributed by atoms with Gasteiger partial charge in [-0.15, -0.1) is 0 Å². The van der Waals surface area contributed by atoms with E-state index in [4.69, 9.17) is 9.94 Å². The van der Waals surface area contributed by atoms with Crippen molar-refractivity contribution in [1.29, 1.82) is 0 Å². The zero-order valence-corrected chi connectivity index (χ0v) is 12.2. The molecule has 0 atom stereocenters. The van der Waals surface area contributed by atoms with Crippen LogP contribution in [0.1, 0.15) is 29.4 Å². The van der Waals surface area contributed by atoms with Crippen LogP contribution >= 0.6 is 0 Å². The van der Waals surface area contributed by atoms with Crippen LogP contribution in [0.5, 0.6) is 5.75 Å². The fourth-order valence-corrected chi connectivity index (χ4v) is 2.05. The molecule has 5 heteroatoms. The summed E-state index contributed by atoms with van der Waals surface area (Å²) in [4.78, 5) is 0. The molecule has 5 nitrogen and oxygen atoms in total. The van der Waals surface area contributed by atoms with Crippen molar-refractivity contribution < 1.29 is 9.94 Å². The maximum Gasteiger partial charge on any atom is 0.130 e. The van der Waals surface area contributed by atoms with E-state index < -0.39 is 0 Å². The second-order valence-corrected chi connectivity index (χ2v) is 4.87. The Morgan fingerprint density at radius 1 is 1.35 bits per heavy atom. The Morgan fingerprint density at radius 2 is 2.10 bits per heavy atom. The Labute approximate surface area is 118 Å². The molecule has 0 saturated heterocycles. The van der Waals surface area contributed by atoms with Crippen molar-refractivity contribution in [3.63, 3.8) is 0 Å². The number of oxime groups is 1. The summed E-state index contributed by atoms with van der Waals surface area (Å²) in [5, 5.41) is 16.5. The van der Waals surface area contributed by atoms with Crippen LogP contribution in [0.3, 0.4) is 0 Å². The Morgan fingerprint density at radius 3 is 2.70 bits per heavy atom. The first-order chi connectivity index (χ1) is 9.51. The molecule has 0 aliphatic carbocycles. The minimum Gasteiger partial charge on any atom is -0.487 e. The monoisotopic (exact) mass is 273 g/mol. The van der Waals surface area contributed by atoms with Crippen molar-refractivity contribution in [3.05, 3.63) is 46.8 Å². The summed E-state index contributed by atoms with van der Waals surface area (Å²) in [5.41, 5.74) is 4.37. The summed E-state index contributed by atoms with van der Waals surface area (Å²) >= 11 is 0. The second kappa shape index (κ2) is 5.77. The lowest BCUT2D eigenvalue weighted by Crippen LogP contribution is -2.06. The predicted octanol–water partition coefficient (Wildman–Crippen LogP) is 2.81. The molecular formula is C15H19N3O2. The fraction of sp³-hybridized carbons (Fsp3) is 0.333. The van der Waals surface area contributed by atoms with Crippen molar-refractivity contribution in [3.8, 4) is 5.75 Å². The Hall–Kier alpha value is -2.30. The number of aromatic nitrogens is 2. The molecule has 106 valence electrons. The lowest BCUT2D eigenvalue weighted by atomic mass is 10.1. The average Bonchev–Trinajstić information content (AvgIpc) is 2.74. The fourth-order valence-electron chi connectivity index (χ4n) is 2.05. The molecule has 0 aliphatic rings. The maximum atomic E-state index is 8.93. The molecule has 1 aromatic carbocycles. The number of ether oxygens (including phenoxy) is 1. The van der Waals surface area contributed by atoms with Crippen molar-refractivity contribution in [1.82, 2.24) is 9.78 Å². The van der Waals surface area contributed by atoms with Gasteiger partial charge >= 0.3 is 0 Å². The van der Waals surface area contributed by atoms with E-state index in [-0.39, 0.29) is 0 Å². The molecule has 1 aromatic heterocycles. The van der Waals surface area contributed by atoms with Gasteiger partial charge in [-0.1, -0.05) is 11.2 Å². The highest BCUT2D eigenvalue weighted by Crippen LogP contribution is 2.22. The largest absolute Gasteiger partial charge is 0.487 e. The second-order valence-electron chi connectivity index (χ2n) is 4.87. The van der Waals surface area contributed by atoms with E-state index in [0.29, 0.717) is 18.1 Å². The van der Waals surface area contributed by atoms with Gasteiger partial charge in [0.2, 0.25) is 0 Å². The molecule has 0 fully saturated rings. The highest BCUT2D eigenvalue weighted by molar-refractivity contribution is 6.00. The van der Waals surface area contributed by atoms with Gasteiger partial charge in [-0.2, -0.15) is 5.10 Å². The molecular weight excluding hydrogens is 254 g/mol. The van der Waals surface area contributed by atoms with E-state index in [2.05, 4.69) is 10.3 Å². The van der Waals surface area contributed by atoms with Crippen molar-refractivity contribution >= 4 is 5.71 Å². The molecule has 1 N–H and O–H groups in total. The number of hydrogen-bond acceptors (Lipinski definition) is 4. The molecule has 2 rings (SSSR count). The maximum absolute atomic E-state index is 8.93. The van der Waals surface area contributed by atoms with Gasteiger partial charge in [0.25, 0.3) is 0 Å². The van der Waals surface area contributed by atoms with Crippen LogP contribution in [-0.4, -0.2) is 20.7 Å². The predicted molar refractivity (Wildman–Crippen MR) is 77.5 cm³/mol. The first-order valence-corrected chi connectivity index (χ1v) is 6.43. The van der Waals surface area contributed by atoms with Crippen molar-refractivity contribution in [2.45, 2.75) is 27.4 Å². The smallest absolute Gasteiger partial charge is 0.130 e. The topological polar surface area (TPSA) is 59.6 Å². The lowest BCUT2D eigenvalue weighted by Gasteiger charge is -2.11. The van der Waals surface area contributed by atoms with E-state index in [1.807, 2.05) is 45.2 Å². The van der Waals surface area contributed by atoms with E-state index in [9.17, 15) is 0 Å². The van der Waals surface area contributed by atoms with Crippen LogP contribution in [0.15, 0.2) is 29.4 Å². The standard InChI is InChI=1S/C15H19N3O2/c1-10-5-6-14(12(3)17-19)15(7-10)20-9-13-8-11(2)16-18(13)4/h5-8,19H,9H2,1-4H3. The zero-order valence-electron chi connectivity index (χ0n) is 12.2. The number of rotatable bonds is 4. The molecule has 1 heterocycles. The first kappa shape index (κ1) is 14.1. The summed E-state index contributed by atoms with van der Waals surface area (Å²) in [6.45, 7) is 6.11. The highest BCUT2D eigenvalue weighted by atomic mass is 16.5. The molecule has 0 bridgehead atoms. The average molecular weight is 273 g/mol. The Bertz CT molecular complexity index is 645. The Balaban J connectivity index is 2.24. The summed E-state index contributed by atoms with van der Waals surface area (Å²) in [7, 11) is 1.89.